The van der Waals surface area contributed by atoms with Gasteiger partial charge in [0.1, 0.15) is 0 Å². The Morgan fingerprint density at radius 3 is 1.53 bits per heavy atom. The van der Waals surface area contributed by atoms with Gasteiger partial charge in [-0.2, -0.15) is 0 Å². The van der Waals surface area contributed by atoms with E-state index in [9.17, 15) is 0 Å². The van der Waals surface area contributed by atoms with Gasteiger partial charge in [-0.25, -0.2) is 15.0 Å². The number of hydrogen-bond donors (Lipinski definition) is 0. The van der Waals surface area contributed by atoms with Crippen molar-refractivity contribution in [3.05, 3.63) is 211 Å². The number of fused-ring (bicyclic) bond motifs is 5. The lowest BCUT2D eigenvalue weighted by Gasteiger charge is -2.42. The van der Waals surface area contributed by atoms with Crippen molar-refractivity contribution in [2.45, 2.75) is 19.3 Å². The van der Waals surface area contributed by atoms with Crippen LogP contribution in [-0.4, -0.2) is 19.5 Å². The van der Waals surface area contributed by atoms with Crippen molar-refractivity contribution in [3.8, 4) is 51.0 Å². The minimum absolute atomic E-state index is 0.238. The summed E-state index contributed by atoms with van der Waals surface area (Å²) in [7, 11) is 0. The molecule has 1 aliphatic rings. The molecule has 8 aromatic carbocycles. The zero-order valence-electron chi connectivity index (χ0n) is 32.8. The van der Waals surface area contributed by atoms with E-state index >= 15 is 0 Å². The summed E-state index contributed by atoms with van der Waals surface area (Å²) in [4.78, 5) is 17.3. The van der Waals surface area contributed by atoms with Crippen LogP contribution in [0.1, 0.15) is 25.0 Å². The number of aromatic nitrogens is 4. The number of benzene rings is 8. The molecule has 0 saturated heterocycles. The molecular formula is C54H39N5. The highest BCUT2D eigenvalue weighted by Crippen LogP contribution is 2.53. The van der Waals surface area contributed by atoms with Crippen LogP contribution in [0.15, 0.2) is 200 Å². The molecular weight excluding hydrogens is 719 g/mol. The van der Waals surface area contributed by atoms with Crippen LogP contribution < -0.4 is 4.90 Å². The molecule has 11 rings (SSSR count). The fraction of sp³-hybridized carbons (Fsp3) is 0.0556. The Balaban J connectivity index is 1.01. The Morgan fingerprint density at radius 2 is 0.847 bits per heavy atom. The summed E-state index contributed by atoms with van der Waals surface area (Å²) in [6.07, 6.45) is 0. The van der Waals surface area contributed by atoms with Crippen LogP contribution in [0.2, 0.25) is 0 Å². The Morgan fingerprint density at radius 1 is 0.356 bits per heavy atom. The Bertz CT molecular complexity index is 3110. The molecule has 59 heavy (non-hydrogen) atoms. The average Bonchev–Trinajstić information content (AvgIpc) is 3.64. The predicted molar refractivity (Wildman–Crippen MR) is 243 cm³/mol. The monoisotopic (exact) mass is 757 g/mol. The third-order valence-electron chi connectivity index (χ3n) is 11.8. The second kappa shape index (κ2) is 13.8. The molecule has 0 bridgehead atoms. The van der Waals surface area contributed by atoms with Gasteiger partial charge in [-0.1, -0.05) is 141 Å². The lowest BCUT2D eigenvalue weighted by Crippen LogP contribution is -2.30. The van der Waals surface area contributed by atoms with Gasteiger partial charge >= 0.3 is 0 Å². The van der Waals surface area contributed by atoms with E-state index in [0.29, 0.717) is 17.5 Å². The Kier molecular flexibility index (Phi) is 8.09. The van der Waals surface area contributed by atoms with Gasteiger partial charge in [0, 0.05) is 44.3 Å². The van der Waals surface area contributed by atoms with E-state index in [4.69, 9.17) is 15.0 Å². The fourth-order valence-corrected chi connectivity index (χ4v) is 8.87. The standard InChI is InChI=1S/C54H39N5/c1-54(2)45-23-13-15-25-49(45)59(42-30-26-38(27-31-42)53-56-51(36-16-6-3-7-17-36)55-52(57-53)37-18-8-4-9-19-37)50-33-29-40(35-46(50)54)39-28-32-48-44(34-39)43-22-12-14-24-47(43)58(48)41-20-10-5-11-21-41/h3-35H,1-2H3. The first-order valence-electron chi connectivity index (χ1n) is 20.1. The molecule has 3 heterocycles. The molecule has 0 amide bonds. The van der Waals surface area contributed by atoms with E-state index in [2.05, 4.69) is 163 Å². The van der Waals surface area contributed by atoms with Crippen molar-refractivity contribution < 1.29 is 0 Å². The van der Waals surface area contributed by atoms with Gasteiger partial charge in [0.15, 0.2) is 17.5 Å². The lowest BCUT2D eigenvalue weighted by atomic mass is 9.73. The van der Waals surface area contributed by atoms with Gasteiger partial charge in [-0.05, 0) is 95.1 Å². The zero-order chi connectivity index (χ0) is 39.5. The first kappa shape index (κ1) is 34.6. The van der Waals surface area contributed by atoms with E-state index in [1.807, 2.05) is 60.7 Å². The molecule has 0 aliphatic carbocycles. The molecule has 2 aromatic heterocycles. The van der Waals surface area contributed by atoms with E-state index in [1.54, 1.807) is 0 Å². The van der Waals surface area contributed by atoms with E-state index < -0.39 is 0 Å². The zero-order valence-corrected chi connectivity index (χ0v) is 32.8. The molecule has 5 nitrogen and oxygen atoms in total. The molecule has 0 atom stereocenters. The van der Waals surface area contributed by atoms with Gasteiger partial charge in [0.25, 0.3) is 0 Å². The molecule has 10 aromatic rings. The molecule has 5 heteroatoms. The minimum atomic E-state index is -0.238. The molecule has 280 valence electrons. The van der Waals surface area contributed by atoms with Crippen LogP contribution in [0.4, 0.5) is 17.1 Å². The van der Waals surface area contributed by atoms with Gasteiger partial charge in [-0.3, -0.25) is 0 Å². The number of hydrogen-bond acceptors (Lipinski definition) is 4. The molecule has 1 aliphatic heterocycles. The van der Waals surface area contributed by atoms with E-state index in [-0.39, 0.29) is 5.41 Å². The number of anilines is 3. The molecule has 0 unspecified atom stereocenters. The number of nitrogens with zero attached hydrogens (tertiary/aromatic N) is 5. The molecule has 0 spiro atoms. The van der Waals surface area contributed by atoms with E-state index in [1.165, 1.54) is 55.4 Å². The summed E-state index contributed by atoms with van der Waals surface area (Å²) in [5.74, 6) is 1.94. The van der Waals surface area contributed by atoms with Crippen LogP contribution in [0, 0.1) is 0 Å². The Hall–Kier alpha value is -7.63. The first-order valence-corrected chi connectivity index (χ1v) is 20.1. The average molecular weight is 758 g/mol. The van der Waals surface area contributed by atoms with Crippen LogP contribution in [0.25, 0.3) is 72.8 Å². The second-order valence-corrected chi connectivity index (χ2v) is 15.7. The highest BCUT2D eigenvalue weighted by atomic mass is 15.2. The quantitative estimate of drug-likeness (QED) is 0.169. The maximum Gasteiger partial charge on any atom is 0.164 e. The summed E-state index contributed by atoms with van der Waals surface area (Å²) >= 11 is 0. The summed E-state index contributed by atoms with van der Waals surface area (Å²) < 4.78 is 2.37. The lowest BCUT2D eigenvalue weighted by molar-refractivity contribution is 0.632. The molecule has 0 radical (unpaired) electrons. The van der Waals surface area contributed by atoms with Crippen molar-refractivity contribution in [1.29, 1.82) is 0 Å². The van der Waals surface area contributed by atoms with Crippen molar-refractivity contribution in [2.24, 2.45) is 0 Å². The van der Waals surface area contributed by atoms with Crippen molar-refractivity contribution in [2.75, 3.05) is 4.90 Å². The van der Waals surface area contributed by atoms with Crippen molar-refractivity contribution >= 4 is 38.9 Å². The summed E-state index contributed by atoms with van der Waals surface area (Å²) in [6, 6.07) is 70.9. The van der Waals surface area contributed by atoms with Crippen molar-refractivity contribution in [1.82, 2.24) is 19.5 Å². The van der Waals surface area contributed by atoms with Gasteiger partial charge in [0.2, 0.25) is 0 Å². The normalized spacial score (nSPS) is 13.0. The summed E-state index contributed by atoms with van der Waals surface area (Å²) in [5, 5.41) is 2.50. The fourth-order valence-electron chi connectivity index (χ4n) is 8.87. The van der Waals surface area contributed by atoms with Crippen LogP contribution in [-0.2, 0) is 5.41 Å². The Labute approximate surface area is 343 Å². The first-order chi connectivity index (χ1) is 29.0. The number of para-hydroxylation sites is 3. The van der Waals surface area contributed by atoms with Crippen LogP contribution >= 0.6 is 0 Å². The second-order valence-electron chi connectivity index (χ2n) is 15.7. The predicted octanol–water partition coefficient (Wildman–Crippen LogP) is 13.7. The third kappa shape index (κ3) is 5.81. The van der Waals surface area contributed by atoms with E-state index in [0.717, 1.165) is 28.1 Å². The molecule has 0 saturated carbocycles. The largest absolute Gasteiger partial charge is 0.310 e. The van der Waals surface area contributed by atoms with Crippen molar-refractivity contribution in [3.63, 3.8) is 0 Å². The summed E-state index contributed by atoms with van der Waals surface area (Å²) in [5.41, 5.74) is 14.5. The van der Waals surface area contributed by atoms with Gasteiger partial charge in [-0.15, -0.1) is 0 Å². The maximum absolute atomic E-state index is 4.99. The van der Waals surface area contributed by atoms with Gasteiger partial charge in [0.05, 0.1) is 22.4 Å². The molecule has 0 N–H and O–H groups in total. The summed E-state index contributed by atoms with van der Waals surface area (Å²) in [6.45, 7) is 4.70. The maximum atomic E-state index is 4.99. The van der Waals surface area contributed by atoms with Crippen LogP contribution in [0.3, 0.4) is 0 Å². The molecule has 0 fully saturated rings. The smallest absolute Gasteiger partial charge is 0.164 e. The van der Waals surface area contributed by atoms with Crippen LogP contribution in [0.5, 0.6) is 0 Å². The number of rotatable bonds is 6. The highest BCUT2D eigenvalue weighted by molar-refractivity contribution is 6.10. The SMILES string of the molecule is CC1(C)c2ccccc2N(c2ccc(-c3nc(-c4ccccc4)nc(-c4ccccc4)n3)cc2)c2ccc(-c3ccc4c(c3)c3ccccc3n4-c3ccccc3)cc21. The third-order valence-corrected chi connectivity index (χ3v) is 11.8. The van der Waals surface area contributed by atoms with Gasteiger partial charge < -0.3 is 9.47 Å². The highest BCUT2D eigenvalue weighted by Gasteiger charge is 2.37. The topological polar surface area (TPSA) is 46.8 Å². The minimum Gasteiger partial charge on any atom is -0.310 e.